The molecule has 1 aliphatic rings. The average Bonchev–Trinajstić information content (AvgIpc) is 2.72. The van der Waals surface area contributed by atoms with E-state index in [-0.39, 0.29) is 5.91 Å². The standard InChI is InChI=1S/C18H26FN3O/c1-6-9-12(2)14-10-7-8-11-15(14)20-17(23)18(4)13(3)21-22(5)16(18)19/h7-8,10-12,16H,6,9H2,1-5H3,(H,20,23). The van der Waals surface area contributed by atoms with Gasteiger partial charge in [-0.1, -0.05) is 38.5 Å². The van der Waals surface area contributed by atoms with Crippen LogP contribution in [0.3, 0.4) is 0 Å². The van der Waals surface area contributed by atoms with Crippen LogP contribution in [-0.2, 0) is 4.79 Å². The Morgan fingerprint density at radius 2 is 2.13 bits per heavy atom. The van der Waals surface area contributed by atoms with Gasteiger partial charge < -0.3 is 5.32 Å². The van der Waals surface area contributed by atoms with E-state index in [1.54, 1.807) is 20.9 Å². The molecule has 23 heavy (non-hydrogen) atoms. The zero-order valence-corrected chi connectivity index (χ0v) is 14.6. The summed E-state index contributed by atoms with van der Waals surface area (Å²) in [6.45, 7) is 7.58. The summed E-state index contributed by atoms with van der Waals surface area (Å²) in [6.07, 6.45) is 0.659. The first kappa shape index (κ1) is 17.4. The number of halogens is 1. The fourth-order valence-corrected chi connectivity index (χ4v) is 3.09. The highest BCUT2D eigenvalue weighted by molar-refractivity contribution is 6.13. The van der Waals surface area contributed by atoms with E-state index in [9.17, 15) is 9.18 Å². The van der Waals surface area contributed by atoms with Gasteiger partial charge in [0.05, 0.1) is 5.71 Å². The van der Waals surface area contributed by atoms with E-state index < -0.39 is 11.7 Å². The van der Waals surface area contributed by atoms with Crippen molar-refractivity contribution in [2.24, 2.45) is 10.5 Å². The van der Waals surface area contributed by atoms with Gasteiger partial charge in [-0.3, -0.25) is 9.80 Å². The quantitative estimate of drug-likeness (QED) is 0.829. The highest BCUT2D eigenvalue weighted by Crippen LogP contribution is 2.36. The van der Waals surface area contributed by atoms with E-state index >= 15 is 0 Å². The van der Waals surface area contributed by atoms with E-state index in [2.05, 4.69) is 24.3 Å². The summed E-state index contributed by atoms with van der Waals surface area (Å²) in [4.78, 5) is 12.8. The van der Waals surface area contributed by atoms with Crippen molar-refractivity contribution in [2.45, 2.75) is 52.8 Å². The lowest BCUT2D eigenvalue weighted by molar-refractivity contribution is -0.126. The Labute approximate surface area is 137 Å². The minimum atomic E-state index is -1.46. The molecule has 126 valence electrons. The van der Waals surface area contributed by atoms with Crippen LogP contribution in [0.1, 0.15) is 52.0 Å². The molecule has 1 aromatic carbocycles. The maximum atomic E-state index is 14.5. The number of rotatable bonds is 5. The Kier molecular flexibility index (Phi) is 5.07. The Morgan fingerprint density at radius 1 is 1.48 bits per heavy atom. The van der Waals surface area contributed by atoms with Crippen molar-refractivity contribution >= 4 is 17.3 Å². The zero-order chi connectivity index (χ0) is 17.2. The number of anilines is 1. The normalized spacial score (nSPS) is 25.2. The second-order valence-electron chi connectivity index (χ2n) is 6.53. The van der Waals surface area contributed by atoms with E-state index in [4.69, 9.17) is 0 Å². The molecule has 3 atom stereocenters. The molecular formula is C18H26FN3O. The highest BCUT2D eigenvalue weighted by atomic mass is 19.1. The number of hydrogen-bond acceptors (Lipinski definition) is 3. The Morgan fingerprint density at radius 3 is 2.70 bits per heavy atom. The number of carbonyl (C=O) groups is 1. The van der Waals surface area contributed by atoms with Crippen molar-refractivity contribution in [3.63, 3.8) is 0 Å². The molecule has 1 N–H and O–H groups in total. The highest BCUT2D eigenvalue weighted by Gasteiger charge is 2.51. The van der Waals surface area contributed by atoms with Gasteiger partial charge in [0.25, 0.3) is 0 Å². The minimum absolute atomic E-state index is 0.339. The fourth-order valence-electron chi connectivity index (χ4n) is 3.09. The number of nitrogens with zero attached hydrogens (tertiary/aromatic N) is 2. The molecule has 1 aromatic rings. The first-order valence-electron chi connectivity index (χ1n) is 8.15. The second kappa shape index (κ2) is 6.69. The van der Waals surface area contributed by atoms with Gasteiger partial charge in [0.2, 0.25) is 12.2 Å². The van der Waals surface area contributed by atoms with Crippen LogP contribution in [0.5, 0.6) is 0 Å². The van der Waals surface area contributed by atoms with Crippen LogP contribution in [0.4, 0.5) is 10.1 Å². The molecule has 2 rings (SSSR count). The molecule has 1 amide bonds. The van der Waals surface area contributed by atoms with Crippen LogP contribution in [0.2, 0.25) is 0 Å². The first-order valence-corrected chi connectivity index (χ1v) is 8.15. The molecule has 4 nitrogen and oxygen atoms in total. The van der Waals surface area contributed by atoms with Gasteiger partial charge in [-0.2, -0.15) is 5.10 Å². The van der Waals surface area contributed by atoms with Crippen LogP contribution >= 0.6 is 0 Å². The first-order chi connectivity index (χ1) is 10.8. The van der Waals surface area contributed by atoms with E-state index in [0.29, 0.717) is 11.6 Å². The number of nitrogens with one attached hydrogen (secondary N) is 1. The van der Waals surface area contributed by atoms with Gasteiger partial charge in [0.15, 0.2) is 0 Å². The van der Waals surface area contributed by atoms with Crippen LogP contribution in [0, 0.1) is 5.41 Å². The van der Waals surface area contributed by atoms with E-state index in [1.807, 2.05) is 24.3 Å². The Balaban J connectivity index is 2.26. The van der Waals surface area contributed by atoms with Gasteiger partial charge in [-0.25, -0.2) is 4.39 Å². The van der Waals surface area contributed by atoms with Crippen molar-refractivity contribution in [3.8, 4) is 0 Å². The predicted octanol–water partition coefficient (Wildman–Crippen LogP) is 4.15. The number of hydrazone groups is 1. The molecule has 0 saturated heterocycles. The second-order valence-corrected chi connectivity index (χ2v) is 6.53. The summed E-state index contributed by atoms with van der Waals surface area (Å²) in [7, 11) is 1.55. The maximum Gasteiger partial charge on any atom is 0.241 e. The third-order valence-corrected chi connectivity index (χ3v) is 4.80. The van der Waals surface area contributed by atoms with E-state index in [0.717, 1.165) is 24.1 Å². The summed E-state index contributed by atoms with van der Waals surface area (Å²) >= 11 is 0. The number of carbonyl (C=O) groups excluding carboxylic acids is 1. The molecule has 0 saturated carbocycles. The number of hydrogen-bond donors (Lipinski definition) is 1. The lowest BCUT2D eigenvalue weighted by atomic mass is 9.83. The molecule has 1 heterocycles. The topological polar surface area (TPSA) is 44.7 Å². The van der Waals surface area contributed by atoms with Gasteiger partial charge in [-0.05, 0) is 37.8 Å². The van der Waals surface area contributed by atoms with Crippen LogP contribution in [0.25, 0.3) is 0 Å². The molecular weight excluding hydrogens is 293 g/mol. The summed E-state index contributed by atoms with van der Waals surface area (Å²) in [5.74, 6) is -0.0155. The number of para-hydroxylation sites is 1. The largest absolute Gasteiger partial charge is 0.325 e. The molecule has 0 fully saturated rings. The van der Waals surface area contributed by atoms with Crippen LogP contribution in [0.15, 0.2) is 29.4 Å². The molecule has 3 unspecified atom stereocenters. The van der Waals surface area contributed by atoms with Gasteiger partial charge >= 0.3 is 0 Å². The Hall–Kier alpha value is -1.91. The summed E-state index contributed by atoms with van der Waals surface area (Å²) in [6, 6.07) is 7.75. The maximum absolute atomic E-state index is 14.5. The van der Waals surface area contributed by atoms with Gasteiger partial charge in [0.1, 0.15) is 5.41 Å². The van der Waals surface area contributed by atoms with E-state index in [1.165, 1.54) is 5.01 Å². The smallest absolute Gasteiger partial charge is 0.241 e. The van der Waals surface area contributed by atoms with Crippen molar-refractivity contribution in [3.05, 3.63) is 29.8 Å². The van der Waals surface area contributed by atoms with Crippen molar-refractivity contribution in [2.75, 3.05) is 12.4 Å². The average molecular weight is 319 g/mol. The summed E-state index contributed by atoms with van der Waals surface area (Å²) in [5.41, 5.74) is 1.07. The van der Waals surface area contributed by atoms with Crippen LogP contribution in [-0.4, -0.2) is 30.0 Å². The summed E-state index contributed by atoms with van der Waals surface area (Å²) in [5, 5.41) is 8.22. The van der Waals surface area contributed by atoms with Crippen molar-refractivity contribution in [1.29, 1.82) is 0 Å². The third kappa shape index (κ3) is 3.09. The van der Waals surface area contributed by atoms with Gasteiger partial charge in [-0.15, -0.1) is 0 Å². The van der Waals surface area contributed by atoms with Crippen molar-refractivity contribution in [1.82, 2.24) is 5.01 Å². The molecule has 0 aromatic heterocycles. The van der Waals surface area contributed by atoms with Crippen LogP contribution < -0.4 is 5.32 Å². The van der Waals surface area contributed by atoms with Crippen molar-refractivity contribution < 1.29 is 9.18 Å². The summed E-state index contributed by atoms with van der Waals surface area (Å²) < 4.78 is 14.5. The van der Waals surface area contributed by atoms with Gasteiger partial charge in [0, 0.05) is 12.7 Å². The monoisotopic (exact) mass is 319 g/mol. The molecule has 0 spiro atoms. The molecule has 1 aliphatic heterocycles. The Bertz CT molecular complexity index is 616. The number of alkyl halides is 1. The fraction of sp³-hybridized carbons (Fsp3) is 0.556. The molecule has 0 radical (unpaired) electrons. The molecule has 0 bridgehead atoms. The zero-order valence-electron chi connectivity index (χ0n) is 14.6. The number of benzene rings is 1. The lowest BCUT2D eigenvalue weighted by Gasteiger charge is -2.28. The SMILES string of the molecule is CCCC(C)c1ccccc1NC(=O)C1(C)C(C)=NN(C)C1F. The lowest BCUT2D eigenvalue weighted by Crippen LogP contribution is -2.46. The predicted molar refractivity (Wildman–Crippen MR) is 92.3 cm³/mol. The third-order valence-electron chi connectivity index (χ3n) is 4.80. The number of amides is 1. The minimum Gasteiger partial charge on any atom is -0.325 e. The molecule has 0 aliphatic carbocycles. The molecule has 5 heteroatoms.